The van der Waals surface area contributed by atoms with Gasteiger partial charge in [-0.3, -0.25) is 14.5 Å². The first-order chi connectivity index (χ1) is 12.6. The van der Waals surface area contributed by atoms with Crippen LogP contribution in [-0.2, 0) is 4.79 Å². The SMILES string of the molecule is CC(C(=O)NC1CC1)N1CCN(C(=O)c2ccc3ccccc3c2)CC1. The third-order valence-electron chi connectivity index (χ3n) is 5.45. The van der Waals surface area contributed by atoms with Crippen LogP contribution in [0.15, 0.2) is 42.5 Å². The van der Waals surface area contributed by atoms with E-state index in [9.17, 15) is 9.59 Å². The Kier molecular flexibility index (Phi) is 4.64. The second kappa shape index (κ2) is 7.08. The summed E-state index contributed by atoms with van der Waals surface area (Å²) in [7, 11) is 0. The van der Waals surface area contributed by atoms with E-state index in [1.54, 1.807) is 0 Å². The summed E-state index contributed by atoms with van der Waals surface area (Å²) in [6.45, 7) is 4.75. The van der Waals surface area contributed by atoms with E-state index in [1.807, 2.05) is 48.2 Å². The summed E-state index contributed by atoms with van der Waals surface area (Å²) in [6, 6.07) is 14.2. The van der Waals surface area contributed by atoms with E-state index in [0.717, 1.165) is 42.3 Å². The van der Waals surface area contributed by atoms with E-state index in [4.69, 9.17) is 0 Å². The quantitative estimate of drug-likeness (QED) is 0.919. The van der Waals surface area contributed by atoms with Crippen LogP contribution in [0.2, 0.25) is 0 Å². The van der Waals surface area contributed by atoms with Crippen molar-refractivity contribution in [1.29, 1.82) is 0 Å². The Hall–Kier alpha value is -2.40. The Morgan fingerprint density at radius 3 is 2.38 bits per heavy atom. The Bertz CT molecular complexity index is 823. The molecule has 0 spiro atoms. The van der Waals surface area contributed by atoms with Crippen LogP contribution in [0.5, 0.6) is 0 Å². The van der Waals surface area contributed by atoms with Crippen molar-refractivity contribution < 1.29 is 9.59 Å². The van der Waals surface area contributed by atoms with E-state index in [0.29, 0.717) is 19.1 Å². The molecule has 1 aliphatic heterocycles. The van der Waals surface area contributed by atoms with Gasteiger partial charge in [-0.15, -0.1) is 0 Å². The molecule has 26 heavy (non-hydrogen) atoms. The molecule has 1 saturated heterocycles. The first-order valence-electron chi connectivity index (χ1n) is 9.44. The van der Waals surface area contributed by atoms with Crippen molar-refractivity contribution >= 4 is 22.6 Å². The maximum absolute atomic E-state index is 12.8. The zero-order valence-corrected chi connectivity index (χ0v) is 15.1. The van der Waals surface area contributed by atoms with Gasteiger partial charge in [-0.1, -0.05) is 30.3 Å². The molecule has 1 saturated carbocycles. The molecule has 1 N–H and O–H groups in total. The van der Waals surface area contributed by atoms with Crippen molar-refractivity contribution in [3.63, 3.8) is 0 Å². The van der Waals surface area contributed by atoms with Gasteiger partial charge in [0.1, 0.15) is 0 Å². The maximum Gasteiger partial charge on any atom is 0.253 e. The summed E-state index contributed by atoms with van der Waals surface area (Å²) >= 11 is 0. The molecule has 1 heterocycles. The van der Waals surface area contributed by atoms with Crippen molar-refractivity contribution in [2.24, 2.45) is 0 Å². The van der Waals surface area contributed by atoms with E-state index in [2.05, 4.69) is 16.3 Å². The summed E-state index contributed by atoms with van der Waals surface area (Å²) in [5, 5.41) is 5.30. The Labute approximate surface area is 154 Å². The topological polar surface area (TPSA) is 52.7 Å². The monoisotopic (exact) mass is 351 g/mol. The van der Waals surface area contributed by atoms with Crippen molar-refractivity contribution in [2.75, 3.05) is 26.2 Å². The molecular weight excluding hydrogens is 326 g/mol. The smallest absolute Gasteiger partial charge is 0.253 e. The molecule has 2 aromatic carbocycles. The molecule has 0 radical (unpaired) electrons. The second-order valence-corrected chi connectivity index (χ2v) is 7.35. The van der Waals surface area contributed by atoms with Crippen LogP contribution in [0.25, 0.3) is 10.8 Å². The lowest BCUT2D eigenvalue weighted by molar-refractivity contribution is -0.126. The molecule has 1 atom stereocenters. The number of carbonyl (C=O) groups is 2. The first kappa shape index (κ1) is 17.0. The van der Waals surface area contributed by atoms with E-state index in [1.165, 1.54) is 0 Å². The number of rotatable bonds is 4. The molecule has 5 heteroatoms. The number of hydrogen-bond acceptors (Lipinski definition) is 3. The Morgan fingerprint density at radius 2 is 1.69 bits per heavy atom. The average Bonchev–Trinajstić information content (AvgIpc) is 3.50. The standard InChI is InChI=1S/C21H25N3O2/c1-15(20(25)22-19-8-9-19)23-10-12-24(13-11-23)21(26)18-7-6-16-4-2-3-5-17(16)14-18/h2-7,14-15,19H,8-13H2,1H3,(H,22,25). The van der Waals surface area contributed by atoms with Crippen molar-refractivity contribution in [3.8, 4) is 0 Å². The normalized spacial score (nSPS) is 19.3. The van der Waals surface area contributed by atoms with Gasteiger partial charge in [0.05, 0.1) is 6.04 Å². The number of fused-ring (bicyclic) bond motifs is 1. The molecule has 2 aromatic rings. The van der Waals surface area contributed by atoms with Crippen LogP contribution >= 0.6 is 0 Å². The van der Waals surface area contributed by atoms with E-state index < -0.39 is 0 Å². The first-order valence-corrected chi connectivity index (χ1v) is 9.44. The Morgan fingerprint density at radius 1 is 1.00 bits per heavy atom. The van der Waals surface area contributed by atoms with Crippen LogP contribution in [0.4, 0.5) is 0 Å². The molecule has 4 rings (SSSR count). The number of benzene rings is 2. The van der Waals surface area contributed by atoms with Crippen molar-refractivity contribution in [3.05, 3.63) is 48.0 Å². The molecule has 0 bridgehead atoms. The molecule has 2 amide bonds. The summed E-state index contributed by atoms with van der Waals surface area (Å²) in [6.07, 6.45) is 2.21. The molecule has 2 fully saturated rings. The van der Waals surface area contributed by atoms with Crippen LogP contribution in [0, 0.1) is 0 Å². The van der Waals surface area contributed by atoms with E-state index in [-0.39, 0.29) is 17.9 Å². The fourth-order valence-corrected chi connectivity index (χ4v) is 3.53. The minimum atomic E-state index is -0.131. The molecule has 136 valence electrons. The summed E-state index contributed by atoms with van der Waals surface area (Å²) in [4.78, 5) is 29.1. The molecule has 0 aromatic heterocycles. The minimum absolute atomic E-state index is 0.0745. The van der Waals surface area contributed by atoms with Crippen molar-refractivity contribution in [1.82, 2.24) is 15.1 Å². The van der Waals surface area contributed by atoms with Gasteiger partial charge in [0.25, 0.3) is 5.91 Å². The summed E-state index contributed by atoms with van der Waals surface area (Å²) in [5.74, 6) is 0.187. The van der Waals surface area contributed by atoms with Crippen LogP contribution < -0.4 is 5.32 Å². The number of nitrogens with zero attached hydrogens (tertiary/aromatic N) is 2. The average molecular weight is 351 g/mol. The maximum atomic E-state index is 12.8. The van der Waals surface area contributed by atoms with Gasteiger partial charge in [0, 0.05) is 37.8 Å². The molecule has 1 aliphatic carbocycles. The van der Waals surface area contributed by atoms with Gasteiger partial charge < -0.3 is 10.2 Å². The number of amides is 2. The predicted octanol–water partition coefficient (Wildman–Crippen LogP) is 2.26. The Balaban J connectivity index is 1.37. The highest BCUT2D eigenvalue weighted by Gasteiger charge is 2.31. The third kappa shape index (κ3) is 3.58. The fraction of sp³-hybridized carbons (Fsp3) is 0.429. The molecular formula is C21H25N3O2. The number of hydrogen-bond donors (Lipinski definition) is 1. The predicted molar refractivity (Wildman–Crippen MR) is 102 cm³/mol. The third-order valence-corrected chi connectivity index (χ3v) is 5.45. The van der Waals surface area contributed by atoms with Gasteiger partial charge >= 0.3 is 0 Å². The van der Waals surface area contributed by atoms with E-state index >= 15 is 0 Å². The highest BCUT2D eigenvalue weighted by atomic mass is 16.2. The number of nitrogens with one attached hydrogen (secondary N) is 1. The zero-order chi connectivity index (χ0) is 18.1. The van der Waals surface area contributed by atoms with Crippen LogP contribution in [0.1, 0.15) is 30.1 Å². The lowest BCUT2D eigenvalue weighted by Gasteiger charge is -2.37. The summed E-state index contributed by atoms with van der Waals surface area (Å²) < 4.78 is 0. The second-order valence-electron chi connectivity index (χ2n) is 7.35. The number of piperazine rings is 1. The van der Waals surface area contributed by atoms with Gasteiger partial charge in [-0.2, -0.15) is 0 Å². The largest absolute Gasteiger partial charge is 0.352 e. The lowest BCUT2D eigenvalue weighted by Crippen LogP contribution is -2.55. The molecule has 5 nitrogen and oxygen atoms in total. The molecule has 2 aliphatic rings. The van der Waals surface area contributed by atoms with Gasteiger partial charge in [0.15, 0.2) is 0 Å². The molecule has 1 unspecified atom stereocenters. The fourth-order valence-electron chi connectivity index (χ4n) is 3.53. The van der Waals surface area contributed by atoms with Gasteiger partial charge in [-0.05, 0) is 42.7 Å². The van der Waals surface area contributed by atoms with Crippen molar-refractivity contribution in [2.45, 2.75) is 31.8 Å². The highest BCUT2D eigenvalue weighted by molar-refractivity contribution is 5.98. The van der Waals surface area contributed by atoms with Gasteiger partial charge in [-0.25, -0.2) is 0 Å². The summed E-state index contributed by atoms with van der Waals surface area (Å²) in [5.41, 5.74) is 0.733. The lowest BCUT2D eigenvalue weighted by atomic mass is 10.1. The minimum Gasteiger partial charge on any atom is -0.352 e. The number of carbonyl (C=O) groups excluding carboxylic acids is 2. The highest BCUT2D eigenvalue weighted by Crippen LogP contribution is 2.20. The van der Waals surface area contributed by atoms with Crippen LogP contribution in [0.3, 0.4) is 0 Å². The zero-order valence-electron chi connectivity index (χ0n) is 15.1. The van der Waals surface area contributed by atoms with Gasteiger partial charge in [0.2, 0.25) is 5.91 Å². The van der Waals surface area contributed by atoms with Crippen LogP contribution in [-0.4, -0.2) is 59.9 Å².